The lowest BCUT2D eigenvalue weighted by molar-refractivity contribution is -0.127. The van der Waals surface area contributed by atoms with Crippen LogP contribution < -0.4 is 5.32 Å². The zero-order valence-corrected chi connectivity index (χ0v) is 12.5. The van der Waals surface area contributed by atoms with Gasteiger partial charge in [0.2, 0.25) is 5.91 Å². The van der Waals surface area contributed by atoms with E-state index in [-0.39, 0.29) is 17.9 Å². The minimum atomic E-state index is -0.325. The number of hydrogen-bond donors (Lipinski definition) is 1. The van der Waals surface area contributed by atoms with Crippen molar-refractivity contribution in [1.29, 1.82) is 0 Å². The van der Waals surface area contributed by atoms with Crippen LogP contribution in [0.4, 0.5) is 0 Å². The second-order valence-electron chi connectivity index (χ2n) is 4.76. The van der Waals surface area contributed by atoms with Gasteiger partial charge in [0.1, 0.15) is 6.04 Å². The van der Waals surface area contributed by atoms with E-state index in [4.69, 9.17) is 0 Å². The molecule has 4 nitrogen and oxygen atoms in total. The zero-order chi connectivity index (χ0) is 14.0. The van der Waals surface area contributed by atoms with Crippen LogP contribution in [0.3, 0.4) is 0 Å². The molecule has 1 aliphatic rings. The lowest BCUT2D eigenvalue weighted by atomic mass is 10.1. The summed E-state index contributed by atoms with van der Waals surface area (Å²) in [6, 6.07) is 1.65. The molecular formula is C14H20N2O2S. The number of carbonyl (C=O) groups excluding carboxylic acids is 2. The number of nitrogens with zero attached hydrogens (tertiary/aromatic N) is 1. The highest BCUT2D eigenvalue weighted by atomic mass is 32.1. The van der Waals surface area contributed by atoms with Crippen molar-refractivity contribution in [3.05, 3.63) is 21.4 Å². The van der Waals surface area contributed by atoms with Crippen molar-refractivity contribution in [3.63, 3.8) is 0 Å². The first-order valence-electron chi connectivity index (χ1n) is 6.76. The molecule has 1 N–H and O–H groups in total. The number of nitrogens with one attached hydrogen (secondary N) is 1. The van der Waals surface area contributed by atoms with Gasteiger partial charge in [0.15, 0.2) is 0 Å². The summed E-state index contributed by atoms with van der Waals surface area (Å²) in [5, 5.41) is 2.82. The number of carbonyl (C=O) groups is 2. The third-order valence-corrected chi connectivity index (χ3v) is 4.67. The van der Waals surface area contributed by atoms with Crippen LogP contribution >= 0.6 is 11.3 Å². The number of amides is 2. The molecule has 2 rings (SSSR count). The van der Waals surface area contributed by atoms with E-state index in [0.29, 0.717) is 19.5 Å². The topological polar surface area (TPSA) is 49.4 Å². The van der Waals surface area contributed by atoms with Gasteiger partial charge in [-0.1, -0.05) is 13.8 Å². The Labute approximate surface area is 117 Å². The zero-order valence-electron chi connectivity index (χ0n) is 11.7. The largest absolute Gasteiger partial charge is 0.353 e. The summed E-state index contributed by atoms with van der Waals surface area (Å²) in [5.41, 5.74) is 1.22. The molecule has 0 aliphatic carbocycles. The number of rotatable bonds is 3. The summed E-state index contributed by atoms with van der Waals surface area (Å²) < 4.78 is 0. The molecule has 0 aromatic carbocycles. The summed E-state index contributed by atoms with van der Waals surface area (Å²) in [5.74, 6) is -0.0411. The molecule has 19 heavy (non-hydrogen) atoms. The van der Waals surface area contributed by atoms with Crippen LogP contribution in [-0.2, 0) is 11.2 Å². The van der Waals surface area contributed by atoms with Crippen LogP contribution in [0, 0.1) is 6.92 Å². The van der Waals surface area contributed by atoms with Crippen molar-refractivity contribution < 1.29 is 9.59 Å². The highest BCUT2D eigenvalue weighted by Gasteiger charge is 2.32. The maximum Gasteiger partial charge on any atom is 0.264 e. The van der Waals surface area contributed by atoms with Gasteiger partial charge in [-0.15, -0.1) is 11.3 Å². The van der Waals surface area contributed by atoms with Crippen LogP contribution in [0.25, 0.3) is 0 Å². The number of thiophene rings is 1. The van der Waals surface area contributed by atoms with Crippen molar-refractivity contribution in [2.24, 2.45) is 0 Å². The SMILES string of the molecule is CCc1cc(C(=O)N2CCNC(=O)C2CC)sc1C. The molecule has 2 amide bonds. The van der Waals surface area contributed by atoms with E-state index >= 15 is 0 Å². The van der Waals surface area contributed by atoms with E-state index in [1.165, 1.54) is 21.8 Å². The molecule has 1 aliphatic heterocycles. The highest BCUT2D eigenvalue weighted by molar-refractivity contribution is 7.14. The minimum Gasteiger partial charge on any atom is -0.353 e. The van der Waals surface area contributed by atoms with Crippen molar-refractivity contribution >= 4 is 23.2 Å². The Kier molecular flexibility index (Phi) is 4.24. The summed E-state index contributed by atoms with van der Waals surface area (Å²) in [7, 11) is 0. The van der Waals surface area contributed by atoms with Crippen molar-refractivity contribution in [2.75, 3.05) is 13.1 Å². The van der Waals surface area contributed by atoms with Gasteiger partial charge in [0.05, 0.1) is 4.88 Å². The molecule has 1 unspecified atom stereocenters. The lowest BCUT2D eigenvalue weighted by Crippen LogP contribution is -2.56. The molecule has 2 heterocycles. The van der Waals surface area contributed by atoms with E-state index in [1.807, 2.05) is 19.9 Å². The van der Waals surface area contributed by atoms with Crippen LogP contribution in [0.15, 0.2) is 6.07 Å². The van der Waals surface area contributed by atoms with Gasteiger partial charge >= 0.3 is 0 Å². The van der Waals surface area contributed by atoms with Crippen LogP contribution in [0.2, 0.25) is 0 Å². The number of aryl methyl sites for hydroxylation is 2. The second-order valence-corrected chi connectivity index (χ2v) is 6.02. The normalized spacial score (nSPS) is 19.4. The quantitative estimate of drug-likeness (QED) is 0.920. The molecule has 1 saturated heterocycles. The molecule has 0 radical (unpaired) electrons. The van der Waals surface area contributed by atoms with E-state index in [1.54, 1.807) is 4.90 Å². The first kappa shape index (κ1) is 14.1. The summed E-state index contributed by atoms with van der Waals surface area (Å²) in [6.45, 7) is 7.22. The smallest absolute Gasteiger partial charge is 0.264 e. The Morgan fingerprint density at radius 3 is 2.84 bits per heavy atom. The van der Waals surface area contributed by atoms with Gasteiger partial charge in [-0.25, -0.2) is 0 Å². The van der Waals surface area contributed by atoms with Gasteiger partial charge in [-0.2, -0.15) is 0 Å². The van der Waals surface area contributed by atoms with Crippen LogP contribution in [0.1, 0.15) is 40.4 Å². The predicted octanol–water partition coefficient (Wildman–Crippen LogP) is 1.97. The average Bonchev–Trinajstić information content (AvgIpc) is 2.78. The Hall–Kier alpha value is -1.36. The Bertz CT molecular complexity index is 496. The fourth-order valence-corrected chi connectivity index (χ4v) is 3.55. The van der Waals surface area contributed by atoms with Gasteiger partial charge in [-0.05, 0) is 31.4 Å². The van der Waals surface area contributed by atoms with Crippen LogP contribution in [-0.4, -0.2) is 35.8 Å². The van der Waals surface area contributed by atoms with Crippen LogP contribution in [0.5, 0.6) is 0 Å². The number of hydrogen-bond acceptors (Lipinski definition) is 3. The summed E-state index contributed by atoms with van der Waals surface area (Å²) in [4.78, 5) is 28.0. The average molecular weight is 280 g/mol. The maximum atomic E-state index is 12.6. The number of piperazine rings is 1. The summed E-state index contributed by atoms with van der Waals surface area (Å²) >= 11 is 1.53. The first-order chi connectivity index (χ1) is 9.08. The highest BCUT2D eigenvalue weighted by Crippen LogP contribution is 2.24. The third kappa shape index (κ3) is 2.66. The Balaban J connectivity index is 2.24. The monoisotopic (exact) mass is 280 g/mol. The molecule has 0 saturated carbocycles. The van der Waals surface area contributed by atoms with Gasteiger partial charge in [0.25, 0.3) is 5.91 Å². The Morgan fingerprint density at radius 1 is 1.53 bits per heavy atom. The van der Waals surface area contributed by atoms with Crippen molar-refractivity contribution in [3.8, 4) is 0 Å². The van der Waals surface area contributed by atoms with E-state index in [9.17, 15) is 9.59 Å². The van der Waals surface area contributed by atoms with E-state index in [2.05, 4.69) is 12.2 Å². The molecule has 5 heteroatoms. The molecule has 104 valence electrons. The molecular weight excluding hydrogens is 260 g/mol. The second kappa shape index (κ2) is 5.74. The first-order valence-corrected chi connectivity index (χ1v) is 7.58. The van der Waals surface area contributed by atoms with Gasteiger partial charge in [-0.3, -0.25) is 9.59 Å². The predicted molar refractivity (Wildman–Crippen MR) is 76.6 cm³/mol. The summed E-state index contributed by atoms with van der Waals surface area (Å²) in [6.07, 6.45) is 1.59. The molecule has 1 aromatic rings. The molecule has 0 bridgehead atoms. The van der Waals surface area contributed by atoms with Gasteiger partial charge in [0, 0.05) is 18.0 Å². The molecule has 1 fully saturated rings. The standard InChI is InChI=1S/C14H20N2O2S/c1-4-10-8-12(19-9(10)3)14(18)16-7-6-15-13(17)11(16)5-2/h8,11H,4-7H2,1-3H3,(H,15,17). The molecule has 0 spiro atoms. The van der Waals surface area contributed by atoms with E-state index < -0.39 is 0 Å². The van der Waals surface area contributed by atoms with E-state index in [0.717, 1.165) is 11.3 Å². The third-order valence-electron chi connectivity index (χ3n) is 3.59. The maximum absolute atomic E-state index is 12.6. The van der Waals surface area contributed by atoms with Crippen molar-refractivity contribution in [1.82, 2.24) is 10.2 Å². The van der Waals surface area contributed by atoms with Gasteiger partial charge < -0.3 is 10.2 Å². The fourth-order valence-electron chi connectivity index (χ4n) is 2.48. The van der Waals surface area contributed by atoms with Crippen molar-refractivity contribution in [2.45, 2.75) is 39.7 Å². The molecule has 1 aromatic heterocycles. The minimum absolute atomic E-state index is 0.00509. The Morgan fingerprint density at radius 2 is 2.26 bits per heavy atom. The fraction of sp³-hybridized carbons (Fsp3) is 0.571. The molecule has 1 atom stereocenters. The lowest BCUT2D eigenvalue weighted by Gasteiger charge is -2.34.